The molecule has 0 spiro atoms. The van der Waals surface area contributed by atoms with E-state index >= 15 is 4.39 Å². The predicted octanol–water partition coefficient (Wildman–Crippen LogP) is 5.04. The van der Waals surface area contributed by atoms with Crippen LogP contribution >= 0.6 is 22.9 Å². The van der Waals surface area contributed by atoms with Crippen LogP contribution in [-0.2, 0) is 14.3 Å². The summed E-state index contributed by atoms with van der Waals surface area (Å²) in [4.78, 5) is 43.4. The number of anilines is 1. The second-order valence-electron chi connectivity index (χ2n) is 8.78. The van der Waals surface area contributed by atoms with Gasteiger partial charge in [-0.3, -0.25) is 14.0 Å². The number of fused-ring (bicyclic) bond motifs is 5. The molecule has 1 atom stereocenters. The number of thiazole rings is 1. The monoisotopic (exact) mass is 578 g/mol. The van der Waals surface area contributed by atoms with Gasteiger partial charge in [-0.1, -0.05) is 31.9 Å². The molecule has 39 heavy (non-hydrogen) atoms. The molecule has 1 aliphatic rings. The van der Waals surface area contributed by atoms with E-state index < -0.39 is 17.2 Å². The first-order valence-electron chi connectivity index (χ1n) is 12.5. The summed E-state index contributed by atoms with van der Waals surface area (Å²) in [7, 11) is 3.25. The summed E-state index contributed by atoms with van der Waals surface area (Å²) in [5.74, 6) is -1.37. The highest BCUT2D eigenvalue weighted by Crippen LogP contribution is 2.34. The van der Waals surface area contributed by atoms with Crippen molar-refractivity contribution in [3.63, 3.8) is 0 Å². The Hall–Kier alpha value is -3.28. The molecule has 3 aromatic heterocycles. The van der Waals surface area contributed by atoms with Gasteiger partial charge in [-0.05, 0) is 37.6 Å². The van der Waals surface area contributed by atoms with E-state index in [1.54, 1.807) is 48.6 Å². The van der Waals surface area contributed by atoms with Crippen LogP contribution in [0.4, 0.5) is 10.2 Å². The average molecular weight is 579 g/mol. The van der Waals surface area contributed by atoms with Gasteiger partial charge in [-0.25, -0.2) is 14.2 Å². The third-order valence-corrected chi connectivity index (χ3v) is 7.06. The Labute approximate surface area is 234 Å². The fourth-order valence-electron chi connectivity index (χ4n) is 4.21. The lowest BCUT2D eigenvalue weighted by Gasteiger charge is -2.19. The van der Waals surface area contributed by atoms with Gasteiger partial charge in [0.2, 0.25) is 11.8 Å². The SMILES string of the molecule is CCC.CCOC(=O)c1c(=O)c2cc(F)c(N3CCC(NC=O)C3)nc2n2c1sc1ccc(Cl)cc12.COC. The van der Waals surface area contributed by atoms with Gasteiger partial charge in [0, 0.05) is 38.4 Å². The largest absolute Gasteiger partial charge is 0.462 e. The summed E-state index contributed by atoms with van der Waals surface area (Å²) >= 11 is 7.47. The lowest BCUT2D eigenvalue weighted by molar-refractivity contribution is -0.110. The minimum absolute atomic E-state index is 0.0294. The van der Waals surface area contributed by atoms with E-state index in [2.05, 4.69) is 28.9 Å². The molecule has 4 aromatic rings. The van der Waals surface area contributed by atoms with Crippen LogP contribution in [0.2, 0.25) is 5.02 Å². The number of nitrogens with one attached hydrogen (secondary N) is 1. The number of hydrogen-bond acceptors (Lipinski definition) is 8. The van der Waals surface area contributed by atoms with Crippen LogP contribution in [0.1, 0.15) is 44.0 Å². The number of esters is 1. The van der Waals surface area contributed by atoms with Gasteiger partial charge in [0.15, 0.2) is 17.3 Å². The van der Waals surface area contributed by atoms with Crippen molar-refractivity contribution in [3.05, 3.63) is 50.9 Å². The Bertz CT molecular complexity index is 1540. The van der Waals surface area contributed by atoms with Crippen LogP contribution in [0.3, 0.4) is 0 Å². The van der Waals surface area contributed by atoms with Crippen molar-refractivity contribution in [3.8, 4) is 0 Å². The summed E-state index contributed by atoms with van der Waals surface area (Å²) in [6.45, 7) is 6.88. The fraction of sp³-hybridized carbons (Fsp3) is 0.407. The molecular formula is C27H32ClFN4O5S. The molecule has 1 amide bonds. The van der Waals surface area contributed by atoms with Crippen LogP contribution in [0.15, 0.2) is 29.1 Å². The van der Waals surface area contributed by atoms with Crippen molar-refractivity contribution in [2.45, 2.75) is 39.7 Å². The zero-order valence-electron chi connectivity index (χ0n) is 22.5. The Morgan fingerprint density at radius 1 is 1.28 bits per heavy atom. The number of pyridine rings is 2. The topological polar surface area (TPSA) is 102 Å². The maximum Gasteiger partial charge on any atom is 0.345 e. The molecule has 1 saturated heterocycles. The third-order valence-electron chi connectivity index (χ3n) is 5.68. The molecule has 4 heterocycles. The molecule has 0 radical (unpaired) electrons. The first kappa shape index (κ1) is 30.3. The molecule has 210 valence electrons. The molecule has 0 bridgehead atoms. The van der Waals surface area contributed by atoms with Crippen molar-refractivity contribution >= 4 is 67.2 Å². The first-order chi connectivity index (χ1) is 18.8. The van der Waals surface area contributed by atoms with Crippen LogP contribution in [0, 0.1) is 5.82 Å². The van der Waals surface area contributed by atoms with Crippen molar-refractivity contribution in [1.82, 2.24) is 14.7 Å². The van der Waals surface area contributed by atoms with E-state index in [4.69, 9.17) is 16.3 Å². The molecule has 9 nitrogen and oxygen atoms in total. The standard InChI is InChI=1S/C22H18ClFN4O4S.C3H8.C2H6O/c1-2-32-22(31)17-18(30)13-8-14(24)20(27-6-5-12(9-27)25-10-29)26-19(13)28-15-7-11(23)3-4-16(15)33-21(17)28;2*1-3-2/h3-4,7-8,10,12H,2,5-6,9H2,1H3,(H,25,29);3H2,1-2H3;1-2H3. The molecule has 1 N–H and O–H groups in total. The van der Waals surface area contributed by atoms with Crippen molar-refractivity contribution in [2.75, 3.05) is 38.8 Å². The summed E-state index contributed by atoms with van der Waals surface area (Å²) in [6, 6.07) is 6.22. The molecule has 0 aliphatic carbocycles. The number of carbonyl (C=O) groups excluding carboxylic acids is 2. The molecule has 1 aromatic carbocycles. The second-order valence-corrected chi connectivity index (χ2v) is 10.2. The zero-order valence-corrected chi connectivity index (χ0v) is 24.1. The number of hydrogen-bond donors (Lipinski definition) is 1. The van der Waals surface area contributed by atoms with E-state index in [1.807, 2.05) is 0 Å². The van der Waals surface area contributed by atoms with E-state index in [-0.39, 0.29) is 35.1 Å². The highest BCUT2D eigenvalue weighted by Gasteiger charge is 2.28. The molecule has 0 saturated carbocycles. The maximum absolute atomic E-state index is 15.2. The molecule has 1 fully saturated rings. The maximum atomic E-state index is 15.2. The highest BCUT2D eigenvalue weighted by atomic mass is 35.5. The van der Waals surface area contributed by atoms with Crippen LogP contribution in [-0.4, -0.2) is 61.7 Å². The van der Waals surface area contributed by atoms with Crippen LogP contribution in [0.25, 0.3) is 26.1 Å². The lowest BCUT2D eigenvalue weighted by atomic mass is 10.2. The molecule has 1 unspecified atom stereocenters. The second kappa shape index (κ2) is 13.7. The molecule has 12 heteroatoms. The van der Waals surface area contributed by atoms with Gasteiger partial charge in [-0.2, -0.15) is 0 Å². The molecule has 5 rings (SSSR count). The average Bonchev–Trinajstić information content (AvgIpc) is 3.50. The highest BCUT2D eigenvalue weighted by molar-refractivity contribution is 7.24. The summed E-state index contributed by atoms with van der Waals surface area (Å²) in [5.41, 5.74) is 0.0674. The summed E-state index contributed by atoms with van der Waals surface area (Å²) in [6.07, 6.45) is 2.52. The van der Waals surface area contributed by atoms with Crippen molar-refractivity contribution in [1.29, 1.82) is 0 Å². The predicted molar refractivity (Wildman–Crippen MR) is 154 cm³/mol. The van der Waals surface area contributed by atoms with Crippen molar-refractivity contribution < 1.29 is 23.5 Å². The molecular weight excluding hydrogens is 547 g/mol. The Morgan fingerprint density at radius 2 is 1.97 bits per heavy atom. The Balaban J connectivity index is 0.000000643. The normalized spacial score (nSPS) is 14.5. The number of methoxy groups -OCH3 is 1. The number of amides is 1. The first-order valence-corrected chi connectivity index (χ1v) is 13.7. The van der Waals surface area contributed by atoms with Gasteiger partial charge < -0.3 is 19.7 Å². The van der Waals surface area contributed by atoms with Gasteiger partial charge in [0.25, 0.3) is 0 Å². The van der Waals surface area contributed by atoms with Crippen LogP contribution < -0.4 is 15.6 Å². The lowest BCUT2D eigenvalue weighted by Crippen LogP contribution is -2.32. The van der Waals surface area contributed by atoms with Gasteiger partial charge in [0.1, 0.15) is 10.4 Å². The Kier molecular flexibility index (Phi) is 10.6. The minimum Gasteiger partial charge on any atom is -0.462 e. The minimum atomic E-state index is -0.772. The number of halogens is 2. The zero-order chi connectivity index (χ0) is 28.7. The van der Waals surface area contributed by atoms with Crippen molar-refractivity contribution in [2.24, 2.45) is 0 Å². The smallest absolute Gasteiger partial charge is 0.345 e. The van der Waals surface area contributed by atoms with E-state index in [0.717, 1.165) is 10.8 Å². The fourth-order valence-corrected chi connectivity index (χ4v) is 5.53. The van der Waals surface area contributed by atoms with Gasteiger partial charge >= 0.3 is 5.97 Å². The molecule has 1 aliphatic heterocycles. The Morgan fingerprint density at radius 3 is 2.62 bits per heavy atom. The number of aromatic nitrogens is 2. The van der Waals surface area contributed by atoms with E-state index in [0.29, 0.717) is 41.3 Å². The summed E-state index contributed by atoms with van der Waals surface area (Å²) < 4.78 is 27.0. The number of carbonyl (C=O) groups is 2. The van der Waals surface area contributed by atoms with E-state index in [1.165, 1.54) is 17.8 Å². The quantitative estimate of drug-likeness (QED) is 0.262. The number of ether oxygens (including phenoxy) is 2. The number of rotatable bonds is 5. The third kappa shape index (κ3) is 6.32. The number of nitrogens with zero attached hydrogens (tertiary/aromatic N) is 3. The van der Waals surface area contributed by atoms with Crippen LogP contribution in [0.5, 0.6) is 0 Å². The summed E-state index contributed by atoms with van der Waals surface area (Å²) in [5, 5.41) is 3.15. The van der Waals surface area contributed by atoms with Gasteiger partial charge in [-0.15, -0.1) is 11.3 Å². The number of benzene rings is 1. The van der Waals surface area contributed by atoms with E-state index in [9.17, 15) is 14.4 Å². The van der Waals surface area contributed by atoms with Gasteiger partial charge in [0.05, 0.1) is 22.2 Å².